The lowest BCUT2D eigenvalue weighted by molar-refractivity contribution is 0.301. The summed E-state index contributed by atoms with van der Waals surface area (Å²) >= 11 is 5.75. The zero-order valence-corrected chi connectivity index (χ0v) is 10.8. The lowest BCUT2D eigenvalue weighted by Crippen LogP contribution is -2.47. The highest BCUT2D eigenvalue weighted by atomic mass is 35.5. The van der Waals surface area contributed by atoms with E-state index in [1.54, 1.807) is 6.92 Å². The third-order valence-electron chi connectivity index (χ3n) is 2.74. The number of hydrogen-bond acceptors (Lipinski definition) is 2. The van der Waals surface area contributed by atoms with Gasteiger partial charge in [-0.3, -0.25) is 14.3 Å². The van der Waals surface area contributed by atoms with Crippen LogP contribution in [-0.2, 0) is 5.54 Å². The molecular formula is C11H17ClN2O2. The Labute approximate surface area is 99.3 Å². The van der Waals surface area contributed by atoms with Gasteiger partial charge in [-0.15, -0.1) is 0 Å². The van der Waals surface area contributed by atoms with Crippen LogP contribution in [0.25, 0.3) is 0 Å². The van der Waals surface area contributed by atoms with Crippen molar-refractivity contribution in [3.8, 4) is 0 Å². The Bertz CT molecular complexity index is 500. The lowest BCUT2D eigenvalue weighted by Gasteiger charge is -2.26. The number of nitrogens with zero attached hydrogens (tertiary/aromatic N) is 1. The van der Waals surface area contributed by atoms with Gasteiger partial charge in [0.15, 0.2) is 0 Å². The summed E-state index contributed by atoms with van der Waals surface area (Å²) < 4.78 is 1.25. The monoisotopic (exact) mass is 244 g/mol. The van der Waals surface area contributed by atoms with E-state index in [0.29, 0.717) is 5.56 Å². The van der Waals surface area contributed by atoms with Gasteiger partial charge in [0.05, 0.1) is 0 Å². The maximum Gasteiger partial charge on any atom is 0.329 e. The third-order valence-corrected chi connectivity index (χ3v) is 3.12. The van der Waals surface area contributed by atoms with Crippen molar-refractivity contribution in [2.24, 2.45) is 0 Å². The fourth-order valence-electron chi connectivity index (χ4n) is 1.87. The smallest absolute Gasteiger partial charge is 0.297 e. The van der Waals surface area contributed by atoms with Crippen LogP contribution in [-0.4, -0.2) is 9.55 Å². The second kappa shape index (κ2) is 4.45. The van der Waals surface area contributed by atoms with Gasteiger partial charge >= 0.3 is 5.69 Å². The molecule has 0 atom stereocenters. The van der Waals surface area contributed by atoms with Crippen molar-refractivity contribution in [1.82, 2.24) is 9.55 Å². The minimum Gasteiger partial charge on any atom is -0.297 e. The van der Waals surface area contributed by atoms with E-state index in [4.69, 9.17) is 11.6 Å². The van der Waals surface area contributed by atoms with Gasteiger partial charge in [-0.25, -0.2) is 4.79 Å². The van der Waals surface area contributed by atoms with E-state index in [9.17, 15) is 9.59 Å². The minimum atomic E-state index is -0.491. The first kappa shape index (κ1) is 13.0. The number of H-pyrrole nitrogens is 1. The highest BCUT2D eigenvalue weighted by Gasteiger charge is 2.24. The average Bonchev–Trinajstić information content (AvgIpc) is 2.13. The van der Waals surface area contributed by atoms with Gasteiger partial charge in [0, 0.05) is 11.1 Å². The lowest BCUT2D eigenvalue weighted by atomic mass is 9.98. The van der Waals surface area contributed by atoms with Crippen molar-refractivity contribution < 1.29 is 0 Å². The van der Waals surface area contributed by atoms with Crippen LogP contribution in [0.1, 0.15) is 39.2 Å². The molecule has 0 aliphatic carbocycles. The molecule has 0 aromatic carbocycles. The van der Waals surface area contributed by atoms with E-state index in [1.807, 2.05) is 20.8 Å². The first-order valence-electron chi connectivity index (χ1n) is 5.33. The summed E-state index contributed by atoms with van der Waals surface area (Å²) in [6.07, 6.45) is 1.66. The summed E-state index contributed by atoms with van der Waals surface area (Å²) in [6.45, 7) is 7.38. The topological polar surface area (TPSA) is 54.9 Å². The van der Waals surface area contributed by atoms with Crippen molar-refractivity contribution >= 4 is 11.6 Å². The Balaban J connectivity index is 3.52. The van der Waals surface area contributed by atoms with E-state index in [-0.39, 0.29) is 10.7 Å². The highest BCUT2D eigenvalue weighted by Crippen LogP contribution is 2.18. The second-order valence-electron chi connectivity index (χ2n) is 4.57. The van der Waals surface area contributed by atoms with Crippen molar-refractivity contribution in [2.75, 3.05) is 0 Å². The number of rotatable bonds is 3. The standard InChI is InChI=1S/C11H17ClN2O2/c1-5-6-11(3,4)14-9(15)7(2)8(12)13-10(14)16/h5-6H2,1-4H3,(H,13,16). The van der Waals surface area contributed by atoms with Gasteiger partial charge < -0.3 is 0 Å². The molecule has 0 saturated heterocycles. The molecular weight excluding hydrogens is 228 g/mol. The maximum atomic E-state index is 12.0. The molecule has 1 N–H and O–H groups in total. The minimum absolute atomic E-state index is 0.124. The molecule has 0 radical (unpaired) electrons. The SMILES string of the molecule is CCCC(C)(C)n1c(=O)[nH]c(Cl)c(C)c1=O. The molecule has 0 fully saturated rings. The van der Waals surface area contributed by atoms with Crippen molar-refractivity contribution in [3.05, 3.63) is 31.6 Å². The first-order valence-corrected chi connectivity index (χ1v) is 5.71. The van der Waals surface area contributed by atoms with Crippen LogP contribution >= 0.6 is 11.6 Å². The number of aromatic amines is 1. The summed E-state index contributed by atoms with van der Waals surface area (Å²) in [5, 5.41) is 0.124. The van der Waals surface area contributed by atoms with Crippen LogP contribution in [0.4, 0.5) is 0 Å². The molecule has 0 saturated carbocycles. The van der Waals surface area contributed by atoms with Crippen LogP contribution < -0.4 is 11.2 Å². The van der Waals surface area contributed by atoms with Gasteiger partial charge in [0.25, 0.3) is 5.56 Å². The Morgan fingerprint density at radius 1 is 1.38 bits per heavy atom. The molecule has 0 spiro atoms. The number of aromatic nitrogens is 2. The fourth-order valence-corrected chi connectivity index (χ4v) is 2.03. The second-order valence-corrected chi connectivity index (χ2v) is 4.95. The van der Waals surface area contributed by atoms with Crippen molar-refractivity contribution in [1.29, 1.82) is 0 Å². The van der Waals surface area contributed by atoms with Crippen molar-refractivity contribution in [2.45, 2.75) is 46.1 Å². The summed E-state index contributed by atoms with van der Waals surface area (Å²) in [7, 11) is 0. The summed E-state index contributed by atoms with van der Waals surface area (Å²) in [5.74, 6) is 0. The van der Waals surface area contributed by atoms with Crippen LogP contribution in [0.15, 0.2) is 9.59 Å². The zero-order valence-electron chi connectivity index (χ0n) is 10.1. The van der Waals surface area contributed by atoms with E-state index in [0.717, 1.165) is 12.8 Å². The summed E-state index contributed by atoms with van der Waals surface area (Å²) in [5.41, 5.74) is -0.869. The van der Waals surface area contributed by atoms with Gasteiger partial charge in [-0.2, -0.15) is 0 Å². The molecule has 1 rings (SSSR count). The molecule has 4 nitrogen and oxygen atoms in total. The molecule has 0 aliphatic heterocycles. The first-order chi connectivity index (χ1) is 7.31. The van der Waals surface area contributed by atoms with Crippen LogP contribution in [0.2, 0.25) is 5.15 Å². The van der Waals surface area contributed by atoms with Crippen LogP contribution in [0.3, 0.4) is 0 Å². The Kier molecular flexibility index (Phi) is 3.63. The molecule has 0 amide bonds. The zero-order chi connectivity index (χ0) is 12.5. The van der Waals surface area contributed by atoms with E-state index >= 15 is 0 Å². The van der Waals surface area contributed by atoms with Crippen molar-refractivity contribution in [3.63, 3.8) is 0 Å². The van der Waals surface area contributed by atoms with Gasteiger partial charge in [0.2, 0.25) is 0 Å². The van der Waals surface area contributed by atoms with Crippen LogP contribution in [0, 0.1) is 6.92 Å². The quantitative estimate of drug-likeness (QED) is 0.828. The molecule has 5 heteroatoms. The number of hydrogen-bond donors (Lipinski definition) is 1. The molecule has 1 aromatic heterocycles. The Morgan fingerprint density at radius 3 is 2.44 bits per heavy atom. The van der Waals surface area contributed by atoms with Gasteiger partial charge in [-0.05, 0) is 27.2 Å². The average molecular weight is 245 g/mol. The largest absolute Gasteiger partial charge is 0.329 e. The maximum absolute atomic E-state index is 12.0. The third kappa shape index (κ3) is 2.21. The highest BCUT2D eigenvalue weighted by molar-refractivity contribution is 6.30. The molecule has 90 valence electrons. The van der Waals surface area contributed by atoms with E-state index in [1.165, 1.54) is 4.57 Å². The fraction of sp³-hybridized carbons (Fsp3) is 0.636. The normalized spacial score (nSPS) is 11.8. The predicted octanol–water partition coefficient (Wildman–Crippen LogP) is 2.03. The molecule has 1 heterocycles. The molecule has 1 aromatic rings. The number of nitrogens with one attached hydrogen (secondary N) is 1. The van der Waals surface area contributed by atoms with Gasteiger partial charge in [-0.1, -0.05) is 24.9 Å². The Morgan fingerprint density at radius 2 is 1.94 bits per heavy atom. The Hall–Kier alpha value is -1.03. The van der Waals surface area contributed by atoms with E-state index in [2.05, 4.69) is 4.98 Å². The number of halogens is 1. The van der Waals surface area contributed by atoms with E-state index < -0.39 is 11.2 Å². The summed E-state index contributed by atoms with van der Waals surface area (Å²) in [6, 6.07) is 0. The summed E-state index contributed by atoms with van der Waals surface area (Å²) in [4.78, 5) is 26.2. The molecule has 0 aliphatic rings. The van der Waals surface area contributed by atoms with Gasteiger partial charge in [0.1, 0.15) is 5.15 Å². The van der Waals surface area contributed by atoms with Crippen LogP contribution in [0.5, 0.6) is 0 Å². The molecule has 0 unspecified atom stereocenters. The predicted molar refractivity (Wildman–Crippen MR) is 65.3 cm³/mol. The molecule has 0 bridgehead atoms. The molecule has 16 heavy (non-hydrogen) atoms.